The number of pyridine rings is 2. The molecule has 4 rings (SSSR count). The van der Waals surface area contributed by atoms with Crippen LogP contribution in [0.1, 0.15) is 28.6 Å². The van der Waals surface area contributed by atoms with Crippen molar-refractivity contribution in [2.24, 2.45) is 0 Å². The maximum Gasteiger partial charge on any atom is 0.266 e. The number of aromatic amines is 1. The quantitative estimate of drug-likeness (QED) is 0.751. The number of rotatable bonds is 1. The molecule has 3 aromatic heterocycles. The summed E-state index contributed by atoms with van der Waals surface area (Å²) in [4.78, 5) is 19.4. The first-order chi connectivity index (χ1) is 10.2. The summed E-state index contributed by atoms with van der Waals surface area (Å²) in [5.74, 6) is 0. The van der Waals surface area contributed by atoms with E-state index < -0.39 is 0 Å². The number of hydrogen-bond donors (Lipinski definition) is 1. The molecule has 4 nitrogen and oxygen atoms in total. The SMILES string of the molecule is Cc1cc(C2OCCc3[nH]c(=O)c4sccc4c32)ccn1. The van der Waals surface area contributed by atoms with Crippen LogP contribution in [-0.2, 0) is 11.2 Å². The average Bonchev–Trinajstić information content (AvgIpc) is 2.97. The first kappa shape index (κ1) is 12.7. The lowest BCUT2D eigenvalue weighted by Crippen LogP contribution is -2.22. The summed E-state index contributed by atoms with van der Waals surface area (Å²) in [7, 11) is 0. The van der Waals surface area contributed by atoms with Gasteiger partial charge in [0.2, 0.25) is 0 Å². The number of nitrogens with one attached hydrogen (secondary N) is 1. The highest BCUT2D eigenvalue weighted by Gasteiger charge is 2.26. The Morgan fingerprint density at radius 3 is 3.19 bits per heavy atom. The van der Waals surface area contributed by atoms with Crippen molar-refractivity contribution >= 4 is 21.4 Å². The van der Waals surface area contributed by atoms with Crippen molar-refractivity contribution in [2.75, 3.05) is 6.61 Å². The molecule has 0 aliphatic carbocycles. The lowest BCUT2D eigenvalue weighted by molar-refractivity contribution is 0.0695. The fourth-order valence-corrected chi connectivity index (χ4v) is 3.78. The molecule has 0 spiro atoms. The van der Waals surface area contributed by atoms with Gasteiger partial charge in [0.15, 0.2) is 0 Å². The molecule has 4 heterocycles. The van der Waals surface area contributed by atoms with Crippen molar-refractivity contribution in [3.8, 4) is 0 Å². The van der Waals surface area contributed by atoms with Crippen LogP contribution in [0, 0.1) is 6.92 Å². The van der Waals surface area contributed by atoms with Gasteiger partial charge in [0, 0.05) is 35.0 Å². The van der Waals surface area contributed by atoms with Crippen LogP contribution in [0.25, 0.3) is 10.1 Å². The molecule has 1 aliphatic heterocycles. The van der Waals surface area contributed by atoms with Gasteiger partial charge in [0.05, 0.1) is 11.3 Å². The van der Waals surface area contributed by atoms with Crippen LogP contribution >= 0.6 is 11.3 Å². The van der Waals surface area contributed by atoms with E-state index in [1.165, 1.54) is 11.3 Å². The Labute approximate surface area is 125 Å². The summed E-state index contributed by atoms with van der Waals surface area (Å²) in [6, 6.07) is 6.04. The van der Waals surface area contributed by atoms with Gasteiger partial charge >= 0.3 is 0 Å². The summed E-state index contributed by atoms with van der Waals surface area (Å²) >= 11 is 1.48. The molecule has 0 saturated heterocycles. The molecular weight excluding hydrogens is 284 g/mol. The van der Waals surface area contributed by atoms with E-state index in [1.807, 2.05) is 30.5 Å². The Morgan fingerprint density at radius 1 is 1.43 bits per heavy atom. The molecule has 5 heteroatoms. The number of hydrogen-bond acceptors (Lipinski definition) is 4. The van der Waals surface area contributed by atoms with Crippen LogP contribution in [-0.4, -0.2) is 16.6 Å². The molecule has 1 unspecified atom stereocenters. The summed E-state index contributed by atoms with van der Waals surface area (Å²) in [5.41, 5.74) is 4.15. The Morgan fingerprint density at radius 2 is 2.33 bits per heavy atom. The highest BCUT2D eigenvalue weighted by atomic mass is 32.1. The minimum Gasteiger partial charge on any atom is -0.368 e. The molecule has 106 valence electrons. The van der Waals surface area contributed by atoms with Crippen molar-refractivity contribution in [1.82, 2.24) is 9.97 Å². The summed E-state index contributed by atoms with van der Waals surface area (Å²) in [6.07, 6.45) is 2.42. The van der Waals surface area contributed by atoms with Crippen LogP contribution in [0.4, 0.5) is 0 Å². The molecule has 21 heavy (non-hydrogen) atoms. The molecule has 1 N–H and O–H groups in total. The summed E-state index contributed by atoms with van der Waals surface area (Å²) in [6.45, 7) is 2.59. The molecule has 1 atom stereocenters. The lowest BCUT2D eigenvalue weighted by Gasteiger charge is -2.27. The van der Waals surface area contributed by atoms with Crippen LogP contribution < -0.4 is 5.56 Å². The zero-order valence-corrected chi connectivity index (χ0v) is 12.4. The van der Waals surface area contributed by atoms with Gasteiger partial charge < -0.3 is 9.72 Å². The highest BCUT2D eigenvalue weighted by molar-refractivity contribution is 7.17. The van der Waals surface area contributed by atoms with Gasteiger partial charge in [-0.2, -0.15) is 0 Å². The molecule has 0 bridgehead atoms. The minimum absolute atomic E-state index is 0.00492. The van der Waals surface area contributed by atoms with Crippen LogP contribution in [0.15, 0.2) is 34.6 Å². The number of fused-ring (bicyclic) bond motifs is 3. The zero-order chi connectivity index (χ0) is 14.4. The molecule has 0 saturated carbocycles. The third kappa shape index (κ3) is 2.01. The van der Waals surface area contributed by atoms with Gasteiger partial charge in [-0.15, -0.1) is 11.3 Å². The maximum atomic E-state index is 12.1. The molecule has 0 amide bonds. The second kappa shape index (κ2) is 4.79. The Kier molecular flexibility index (Phi) is 2.90. The topological polar surface area (TPSA) is 55.0 Å². The van der Waals surface area contributed by atoms with E-state index in [-0.39, 0.29) is 11.7 Å². The largest absolute Gasteiger partial charge is 0.368 e. The van der Waals surface area contributed by atoms with Gasteiger partial charge in [-0.3, -0.25) is 9.78 Å². The van der Waals surface area contributed by atoms with Crippen molar-refractivity contribution < 1.29 is 4.74 Å². The second-order valence-electron chi connectivity index (χ2n) is 5.24. The summed E-state index contributed by atoms with van der Waals surface area (Å²) < 4.78 is 6.79. The number of aryl methyl sites for hydroxylation is 1. The first-order valence-corrected chi connectivity index (χ1v) is 7.78. The van der Waals surface area contributed by atoms with Gasteiger partial charge in [0.1, 0.15) is 6.10 Å². The smallest absolute Gasteiger partial charge is 0.266 e. The third-order valence-corrected chi connectivity index (χ3v) is 4.79. The maximum absolute atomic E-state index is 12.1. The van der Waals surface area contributed by atoms with Gasteiger partial charge in [-0.25, -0.2) is 0 Å². The number of nitrogens with zero attached hydrogens (tertiary/aromatic N) is 1. The van der Waals surface area contributed by atoms with Crippen molar-refractivity contribution in [3.05, 3.63) is 62.6 Å². The fourth-order valence-electron chi connectivity index (χ4n) is 2.97. The standard InChI is InChI=1S/C16H14N2O2S/c1-9-8-10(2-5-17-9)14-13-11-4-7-21-15(11)16(19)18-12(13)3-6-20-14/h2,4-5,7-8,14H,3,6H2,1H3,(H,18,19). The first-order valence-electron chi connectivity index (χ1n) is 6.90. The molecule has 0 fully saturated rings. The Hall–Kier alpha value is -1.98. The van der Waals surface area contributed by atoms with Crippen LogP contribution in [0.2, 0.25) is 0 Å². The number of H-pyrrole nitrogens is 1. The molecule has 1 aliphatic rings. The molecule has 3 aromatic rings. The predicted molar refractivity (Wildman–Crippen MR) is 82.9 cm³/mol. The second-order valence-corrected chi connectivity index (χ2v) is 6.16. The van der Waals surface area contributed by atoms with E-state index in [0.29, 0.717) is 6.61 Å². The van der Waals surface area contributed by atoms with E-state index in [4.69, 9.17) is 4.74 Å². The van der Waals surface area contributed by atoms with E-state index >= 15 is 0 Å². The van der Waals surface area contributed by atoms with Crippen LogP contribution in [0.3, 0.4) is 0 Å². The molecular formula is C16H14N2O2S. The number of thiophene rings is 1. The monoisotopic (exact) mass is 298 g/mol. The molecule has 0 radical (unpaired) electrons. The minimum atomic E-state index is -0.135. The average molecular weight is 298 g/mol. The molecule has 0 aromatic carbocycles. The van der Waals surface area contributed by atoms with Gasteiger partial charge in [-0.1, -0.05) is 0 Å². The normalized spacial score (nSPS) is 17.9. The van der Waals surface area contributed by atoms with Crippen molar-refractivity contribution in [1.29, 1.82) is 0 Å². The Balaban J connectivity index is 1.99. The summed E-state index contributed by atoms with van der Waals surface area (Å²) in [5, 5.41) is 2.97. The number of ether oxygens (including phenoxy) is 1. The van der Waals surface area contributed by atoms with Gasteiger partial charge in [-0.05, 0) is 36.1 Å². The van der Waals surface area contributed by atoms with E-state index in [0.717, 1.165) is 39.0 Å². The van der Waals surface area contributed by atoms with Crippen LogP contribution in [0.5, 0.6) is 0 Å². The van der Waals surface area contributed by atoms with Gasteiger partial charge in [0.25, 0.3) is 5.56 Å². The van der Waals surface area contributed by atoms with E-state index in [2.05, 4.69) is 9.97 Å². The fraction of sp³-hybridized carbons (Fsp3) is 0.250. The lowest BCUT2D eigenvalue weighted by atomic mass is 9.94. The zero-order valence-electron chi connectivity index (χ0n) is 11.6. The van der Waals surface area contributed by atoms with E-state index in [1.54, 1.807) is 6.20 Å². The van der Waals surface area contributed by atoms with Crippen molar-refractivity contribution in [2.45, 2.75) is 19.4 Å². The highest BCUT2D eigenvalue weighted by Crippen LogP contribution is 2.37. The van der Waals surface area contributed by atoms with Crippen molar-refractivity contribution in [3.63, 3.8) is 0 Å². The Bertz CT molecular complexity index is 881. The predicted octanol–water partition coefficient (Wildman–Crippen LogP) is 2.96. The third-order valence-electron chi connectivity index (χ3n) is 3.87. The number of aromatic nitrogens is 2. The van der Waals surface area contributed by atoms with E-state index in [9.17, 15) is 4.79 Å².